The van der Waals surface area contributed by atoms with E-state index in [0.29, 0.717) is 17.3 Å². The lowest BCUT2D eigenvalue weighted by Gasteiger charge is -2.31. The van der Waals surface area contributed by atoms with Crippen molar-refractivity contribution in [3.05, 3.63) is 88.4 Å². The van der Waals surface area contributed by atoms with Crippen LogP contribution in [0, 0.1) is 6.92 Å². The maximum absolute atomic E-state index is 12.7. The summed E-state index contributed by atoms with van der Waals surface area (Å²) in [5, 5.41) is 6.04. The van der Waals surface area contributed by atoms with Gasteiger partial charge in [-0.3, -0.25) is 9.59 Å². The molecule has 0 aromatic heterocycles. The number of halogens is 1. The van der Waals surface area contributed by atoms with E-state index in [1.54, 1.807) is 25.1 Å². The average molecular weight is 477 g/mol. The van der Waals surface area contributed by atoms with Crippen LogP contribution in [-0.2, 0) is 16.0 Å². The Morgan fingerprint density at radius 3 is 2.47 bits per heavy atom. The van der Waals surface area contributed by atoms with Gasteiger partial charge < -0.3 is 20.4 Å². The van der Waals surface area contributed by atoms with Crippen molar-refractivity contribution in [1.29, 1.82) is 0 Å². The molecule has 2 amide bonds. The molecule has 0 spiro atoms. The quantitative estimate of drug-likeness (QED) is 0.511. The van der Waals surface area contributed by atoms with Crippen LogP contribution in [0.15, 0.2) is 66.7 Å². The third kappa shape index (κ3) is 5.02. The lowest BCUT2D eigenvalue weighted by Crippen LogP contribution is -2.41. The molecule has 3 aromatic rings. The van der Waals surface area contributed by atoms with E-state index in [1.165, 1.54) is 5.56 Å². The molecule has 6 nitrogen and oxygen atoms in total. The first-order valence-corrected chi connectivity index (χ1v) is 11.7. The highest BCUT2D eigenvalue weighted by molar-refractivity contribution is 6.40. The Kier molecular flexibility index (Phi) is 7.08. The van der Waals surface area contributed by atoms with Crippen molar-refractivity contribution in [2.75, 3.05) is 42.3 Å². The van der Waals surface area contributed by atoms with Gasteiger partial charge in [0.1, 0.15) is 0 Å². The summed E-state index contributed by atoms with van der Waals surface area (Å²) >= 11 is 6.13. The van der Waals surface area contributed by atoms with E-state index in [0.717, 1.165) is 35.5 Å². The van der Waals surface area contributed by atoms with Gasteiger partial charge in [-0.15, -0.1) is 0 Å². The second-order valence-electron chi connectivity index (χ2n) is 8.65. The Morgan fingerprint density at radius 2 is 1.74 bits per heavy atom. The van der Waals surface area contributed by atoms with Crippen molar-refractivity contribution in [1.82, 2.24) is 5.32 Å². The Bertz CT molecular complexity index is 1190. The first-order chi connectivity index (χ1) is 16.3. The molecule has 0 fully saturated rings. The van der Waals surface area contributed by atoms with Crippen molar-refractivity contribution in [3.63, 3.8) is 0 Å². The molecule has 1 unspecified atom stereocenters. The smallest absolute Gasteiger partial charge is 0.313 e. The van der Waals surface area contributed by atoms with Crippen molar-refractivity contribution in [3.8, 4) is 0 Å². The fraction of sp³-hybridized carbons (Fsp3) is 0.259. The molecular formula is C27H29ClN4O2. The van der Waals surface area contributed by atoms with Gasteiger partial charge in [-0.2, -0.15) is 0 Å². The predicted octanol–water partition coefficient (Wildman–Crippen LogP) is 4.57. The molecule has 1 aliphatic rings. The molecule has 1 aliphatic heterocycles. The Hall–Kier alpha value is -3.51. The molecule has 0 saturated heterocycles. The molecule has 7 heteroatoms. The highest BCUT2D eigenvalue weighted by atomic mass is 35.5. The normalized spacial score (nSPS) is 13.2. The summed E-state index contributed by atoms with van der Waals surface area (Å²) in [6.45, 7) is 2.95. The summed E-state index contributed by atoms with van der Waals surface area (Å²) in [4.78, 5) is 29.6. The fourth-order valence-electron chi connectivity index (χ4n) is 4.28. The number of benzene rings is 3. The van der Waals surface area contributed by atoms with E-state index in [4.69, 9.17) is 11.6 Å². The first kappa shape index (κ1) is 23.6. The fourth-order valence-corrected chi connectivity index (χ4v) is 4.46. The molecule has 0 saturated carbocycles. The molecule has 0 aliphatic carbocycles. The summed E-state index contributed by atoms with van der Waals surface area (Å²) in [6, 6.07) is 21.7. The molecule has 4 rings (SSSR count). The third-order valence-electron chi connectivity index (χ3n) is 6.27. The van der Waals surface area contributed by atoms with Gasteiger partial charge in [0.2, 0.25) is 0 Å². The SMILES string of the molecule is Cc1c(Cl)cccc1NC(=O)C(=O)NCC(c1ccc(N(C)C)cc1)N1CCc2ccccc21. The largest absolute Gasteiger partial charge is 0.378 e. The van der Waals surface area contributed by atoms with Crippen molar-refractivity contribution < 1.29 is 9.59 Å². The molecule has 0 radical (unpaired) electrons. The van der Waals surface area contributed by atoms with Gasteiger partial charge >= 0.3 is 11.8 Å². The number of fused-ring (bicyclic) bond motifs is 1. The molecule has 1 atom stereocenters. The first-order valence-electron chi connectivity index (χ1n) is 11.3. The number of carbonyl (C=O) groups is 2. The van der Waals surface area contributed by atoms with Gasteiger partial charge in [0, 0.05) is 49.3 Å². The Morgan fingerprint density at radius 1 is 1.00 bits per heavy atom. The summed E-state index contributed by atoms with van der Waals surface area (Å²) in [5.41, 5.74) is 5.88. The highest BCUT2D eigenvalue weighted by Gasteiger charge is 2.28. The van der Waals surface area contributed by atoms with Gasteiger partial charge in [-0.1, -0.05) is 48.0 Å². The second-order valence-corrected chi connectivity index (χ2v) is 9.06. The minimum absolute atomic E-state index is 0.107. The maximum atomic E-state index is 12.7. The van der Waals surface area contributed by atoms with E-state index in [1.807, 2.05) is 31.1 Å². The van der Waals surface area contributed by atoms with Crippen LogP contribution in [-0.4, -0.2) is 39.0 Å². The zero-order chi connectivity index (χ0) is 24.2. The summed E-state index contributed by atoms with van der Waals surface area (Å²) < 4.78 is 0. The van der Waals surface area contributed by atoms with E-state index in [9.17, 15) is 9.59 Å². The lowest BCUT2D eigenvalue weighted by atomic mass is 10.0. The van der Waals surface area contributed by atoms with Crippen LogP contribution in [0.4, 0.5) is 17.1 Å². The Balaban J connectivity index is 1.52. The Labute approximate surface area is 205 Å². The minimum Gasteiger partial charge on any atom is -0.378 e. The number of para-hydroxylation sites is 1. The van der Waals surface area contributed by atoms with Crippen LogP contribution in [0.25, 0.3) is 0 Å². The van der Waals surface area contributed by atoms with Gasteiger partial charge in [0.25, 0.3) is 0 Å². The molecule has 176 valence electrons. The molecule has 0 bridgehead atoms. The van der Waals surface area contributed by atoms with Crippen molar-refractivity contribution >= 4 is 40.5 Å². The summed E-state index contributed by atoms with van der Waals surface area (Å²) in [5.74, 6) is -1.39. The molecule has 3 aromatic carbocycles. The summed E-state index contributed by atoms with van der Waals surface area (Å²) in [7, 11) is 4.01. The monoisotopic (exact) mass is 476 g/mol. The number of carbonyl (C=O) groups excluding carboxylic acids is 2. The maximum Gasteiger partial charge on any atom is 0.313 e. The van der Waals surface area contributed by atoms with Crippen LogP contribution in [0.1, 0.15) is 22.7 Å². The summed E-state index contributed by atoms with van der Waals surface area (Å²) in [6.07, 6.45) is 0.949. The van der Waals surface area contributed by atoms with Crippen molar-refractivity contribution in [2.24, 2.45) is 0 Å². The molecular weight excluding hydrogens is 448 g/mol. The number of hydrogen-bond acceptors (Lipinski definition) is 4. The van der Waals surface area contributed by atoms with Crippen LogP contribution >= 0.6 is 11.6 Å². The van der Waals surface area contributed by atoms with Crippen LogP contribution in [0.3, 0.4) is 0 Å². The molecule has 1 heterocycles. The van der Waals surface area contributed by atoms with Crippen molar-refractivity contribution in [2.45, 2.75) is 19.4 Å². The van der Waals surface area contributed by atoms with Gasteiger partial charge in [-0.05, 0) is 60.4 Å². The standard InChI is InChI=1S/C27H29ClN4O2/c1-18-22(28)8-6-9-23(18)30-27(34)26(33)29-17-25(20-11-13-21(14-12-20)31(2)3)32-16-15-19-7-4-5-10-24(19)32/h4-14,25H,15-17H2,1-3H3,(H,29,33)(H,30,34). The van der Waals surface area contributed by atoms with Gasteiger partial charge in [0.05, 0.1) is 6.04 Å². The molecule has 2 N–H and O–H groups in total. The lowest BCUT2D eigenvalue weighted by molar-refractivity contribution is -0.136. The van der Waals surface area contributed by atoms with Crippen LogP contribution < -0.4 is 20.4 Å². The number of anilines is 3. The third-order valence-corrected chi connectivity index (χ3v) is 6.68. The zero-order valence-corrected chi connectivity index (χ0v) is 20.4. The van der Waals surface area contributed by atoms with Gasteiger partial charge in [-0.25, -0.2) is 0 Å². The van der Waals surface area contributed by atoms with Gasteiger partial charge in [0.15, 0.2) is 0 Å². The number of hydrogen-bond donors (Lipinski definition) is 2. The van der Waals surface area contributed by atoms with E-state index in [2.05, 4.69) is 51.9 Å². The van der Waals surface area contributed by atoms with E-state index in [-0.39, 0.29) is 6.04 Å². The number of nitrogens with one attached hydrogen (secondary N) is 2. The predicted molar refractivity (Wildman–Crippen MR) is 139 cm³/mol. The minimum atomic E-state index is -0.714. The number of nitrogens with zero attached hydrogens (tertiary/aromatic N) is 2. The van der Waals surface area contributed by atoms with Crippen LogP contribution in [0.5, 0.6) is 0 Å². The highest BCUT2D eigenvalue weighted by Crippen LogP contribution is 2.35. The number of amides is 2. The second kappa shape index (κ2) is 10.2. The number of rotatable bonds is 6. The zero-order valence-electron chi connectivity index (χ0n) is 19.6. The van der Waals surface area contributed by atoms with E-state index >= 15 is 0 Å². The van der Waals surface area contributed by atoms with Crippen LogP contribution in [0.2, 0.25) is 5.02 Å². The topological polar surface area (TPSA) is 64.7 Å². The molecule has 34 heavy (non-hydrogen) atoms. The van der Waals surface area contributed by atoms with E-state index < -0.39 is 11.8 Å². The average Bonchev–Trinajstić information content (AvgIpc) is 3.26.